The van der Waals surface area contributed by atoms with Crippen molar-refractivity contribution in [2.24, 2.45) is 0 Å². The summed E-state index contributed by atoms with van der Waals surface area (Å²) in [6.07, 6.45) is 0. The Kier molecular flexibility index (Phi) is 5.98. The van der Waals surface area contributed by atoms with Crippen molar-refractivity contribution in [3.05, 3.63) is 59.4 Å². The Morgan fingerprint density at radius 1 is 1.22 bits per heavy atom. The van der Waals surface area contributed by atoms with Crippen LogP contribution in [-0.2, 0) is 15.8 Å². The van der Waals surface area contributed by atoms with Gasteiger partial charge in [-0.05, 0) is 36.2 Å². The Hall–Kier alpha value is -2.17. The second-order valence-electron chi connectivity index (χ2n) is 5.49. The molecule has 0 fully saturated rings. The van der Waals surface area contributed by atoms with Gasteiger partial charge in [-0.3, -0.25) is 4.72 Å². The number of benzene rings is 2. The molecule has 0 saturated carbocycles. The van der Waals surface area contributed by atoms with Crippen molar-refractivity contribution in [2.45, 2.75) is 21.9 Å². The molecule has 0 bridgehead atoms. The van der Waals surface area contributed by atoms with Gasteiger partial charge < -0.3 is 4.74 Å². The number of nitrogens with one attached hydrogen (secondary N) is 1. The molecular formula is C17H16FN3O3S3. The van der Waals surface area contributed by atoms with Crippen LogP contribution in [0.25, 0.3) is 0 Å². The SMILES string of the molecule is COc1ccc(S(=O)(=O)Nc2nnc(SCc3ccccc3C)s2)cc1F. The molecule has 27 heavy (non-hydrogen) atoms. The highest BCUT2D eigenvalue weighted by Gasteiger charge is 2.19. The average molecular weight is 426 g/mol. The third kappa shape index (κ3) is 4.76. The van der Waals surface area contributed by atoms with E-state index in [1.165, 1.54) is 42.1 Å². The predicted molar refractivity (Wildman–Crippen MR) is 104 cm³/mol. The fraction of sp³-hybridized carbons (Fsp3) is 0.176. The molecular weight excluding hydrogens is 409 g/mol. The van der Waals surface area contributed by atoms with Gasteiger partial charge in [0.15, 0.2) is 15.9 Å². The number of anilines is 1. The van der Waals surface area contributed by atoms with Crippen molar-refractivity contribution in [1.82, 2.24) is 10.2 Å². The second-order valence-corrected chi connectivity index (χ2v) is 9.37. The first kappa shape index (κ1) is 19.6. The number of aryl methyl sites for hydroxylation is 1. The van der Waals surface area contributed by atoms with E-state index in [2.05, 4.69) is 14.9 Å². The molecule has 0 atom stereocenters. The lowest BCUT2D eigenvalue weighted by Gasteiger charge is -2.06. The van der Waals surface area contributed by atoms with Crippen LogP contribution in [0.5, 0.6) is 5.75 Å². The topological polar surface area (TPSA) is 81.2 Å². The highest BCUT2D eigenvalue weighted by Crippen LogP contribution is 2.30. The van der Waals surface area contributed by atoms with Gasteiger partial charge in [-0.15, -0.1) is 10.2 Å². The minimum atomic E-state index is -3.97. The molecule has 0 aliphatic heterocycles. The minimum absolute atomic E-state index is 0.0280. The van der Waals surface area contributed by atoms with Crippen LogP contribution >= 0.6 is 23.1 Å². The predicted octanol–water partition coefficient (Wildman–Crippen LogP) is 4.09. The first-order valence-electron chi connectivity index (χ1n) is 7.76. The fourth-order valence-corrected chi connectivity index (χ4v) is 5.28. The molecule has 3 rings (SSSR count). The van der Waals surface area contributed by atoms with Gasteiger partial charge in [0.25, 0.3) is 10.0 Å². The summed E-state index contributed by atoms with van der Waals surface area (Å²) < 4.78 is 46.3. The molecule has 0 aliphatic carbocycles. The standard InChI is InChI=1S/C17H16FN3O3S3/c1-11-5-3-4-6-12(11)10-25-17-20-19-16(26-17)21-27(22,23)13-7-8-15(24-2)14(18)9-13/h3-9H,10H2,1-2H3,(H,19,21). The molecule has 0 unspecified atom stereocenters. The van der Waals surface area contributed by atoms with E-state index < -0.39 is 15.8 Å². The van der Waals surface area contributed by atoms with Gasteiger partial charge in [-0.1, -0.05) is 47.4 Å². The number of thioether (sulfide) groups is 1. The van der Waals surface area contributed by atoms with Crippen molar-refractivity contribution in [3.63, 3.8) is 0 Å². The molecule has 2 aromatic carbocycles. The molecule has 1 N–H and O–H groups in total. The van der Waals surface area contributed by atoms with Crippen molar-refractivity contribution < 1.29 is 17.5 Å². The molecule has 0 radical (unpaired) electrons. The fourth-order valence-electron chi connectivity index (χ4n) is 2.21. The van der Waals surface area contributed by atoms with Crippen molar-refractivity contribution in [1.29, 1.82) is 0 Å². The molecule has 1 heterocycles. The second kappa shape index (κ2) is 8.24. The zero-order valence-corrected chi connectivity index (χ0v) is 16.9. The third-order valence-electron chi connectivity index (χ3n) is 3.67. The summed E-state index contributed by atoms with van der Waals surface area (Å²) in [6.45, 7) is 2.03. The summed E-state index contributed by atoms with van der Waals surface area (Å²) >= 11 is 2.59. The van der Waals surface area contributed by atoms with E-state index in [0.717, 1.165) is 17.4 Å². The van der Waals surface area contributed by atoms with Crippen LogP contribution in [0.4, 0.5) is 9.52 Å². The van der Waals surface area contributed by atoms with Gasteiger partial charge in [0.2, 0.25) is 5.13 Å². The number of hydrogen-bond donors (Lipinski definition) is 1. The molecule has 1 aromatic heterocycles. The zero-order valence-electron chi connectivity index (χ0n) is 14.5. The normalized spacial score (nSPS) is 11.4. The van der Waals surface area contributed by atoms with Crippen LogP contribution in [0.15, 0.2) is 51.7 Å². The lowest BCUT2D eigenvalue weighted by Crippen LogP contribution is -2.13. The maximum Gasteiger partial charge on any atom is 0.263 e. The summed E-state index contributed by atoms with van der Waals surface area (Å²) in [5.41, 5.74) is 2.35. The summed E-state index contributed by atoms with van der Waals surface area (Å²) in [5, 5.41) is 7.97. The number of sulfonamides is 1. The van der Waals surface area contributed by atoms with E-state index in [9.17, 15) is 12.8 Å². The summed E-state index contributed by atoms with van der Waals surface area (Å²) in [6, 6.07) is 11.4. The van der Waals surface area contributed by atoms with E-state index in [4.69, 9.17) is 4.74 Å². The van der Waals surface area contributed by atoms with Crippen LogP contribution < -0.4 is 9.46 Å². The molecule has 10 heteroatoms. The number of rotatable bonds is 7. The van der Waals surface area contributed by atoms with Crippen LogP contribution in [0.1, 0.15) is 11.1 Å². The Morgan fingerprint density at radius 3 is 2.70 bits per heavy atom. The van der Waals surface area contributed by atoms with Gasteiger partial charge in [-0.25, -0.2) is 12.8 Å². The van der Waals surface area contributed by atoms with Gasteiger partial charge in [0.05, 0.1) is 12.0 Å². The molecule has 0 amide bonds. The van der Waals surface area contributed by atoms with E-state index in [-0.39, 0.29) is 15.8 Å². The lowest BCUT2D eigenvalue weighted by molar-refractivity contribution is 0.385. The molecule has 142 valence electrons. The van der Waals surface area contributed by atoms with E-state index >= 15 is 0 Å². The Labute approximate surface area is 164 Å². The lowest BCUT2D eigenvalue weighted by atomic mass is 10.1. The quantitative estimate of drug-likeness (QED) is 0.574. The van der Waals surface area contributed by atoms with Gasteiger partial charge >= 0.3 is 0 Å². The number of methoxy groups -OCH3 is 1. The highest BCUT2D eigenvalue weighted by molar-refractivity contribution is 8.00. The Bertz CT molecular complexity index is 1050. The van der Waals surface area contributed by atoms with Crippen molar-refractivity contribution in [3.8, 4) is 5.75 Å². The largest absolute Gasteiger partial charge is 0.494 e. The minimum Gasteiger partial charge on any atom is -0.494 e. The molecule has 0 spiro atoms. The number of halogens is 1. The van der Waals surface area contributed by atoms with Gasteiger partial charge in [-0.2, -0.15) is 0 Å². The van der Waals surface area contributed by atoms with Crippen LogP contribution in [0.3, 0.4) is 0 Å². The summed E-state index contributed by atoms with van der Waals surface area (Å²) in [7, 11) is -2.66. The Morgan fingerprint density at radius 2 is 2.00 bits per heavy atom. The van der Waals surface area contributed by atoms with Crippen LogP contribution in [0.2, 0.25) is 0 Å². The van der Waals surface area contributed by atoms with Gasteiger partial charge in [0.1, 0.15) is 0 Å². The maximum atomic E-state index is 13.8. The Balaban J connectivity index is 1.69. The summed E-state index contributed by atoms with van der Waals surface area (Å²) in [5.74, 6) is -0.0792. The molecule has 6 nitrogen and oxygen atoms in total. The van der Waals surface area contributed by atoms with Crippen molar-refractivity contribution >= 4 is 38.3 Å². The van der Waals surface area contributed by atoms with Crippen molar-refractivity contribution in [2.75, 3.05) is 11.8 Å². The first-order valence-corrected chi connectivity index (χ1v) is 11.0. The van der Waals surface area contributed by atoms with Crippen LogP contribution in [-0.4, -0.2) is 25.7 Å². The van der Waals surface area contributed by atoms with E-state index in [1.807, 2.05) is 31.2 Å². The number of ether oxygens (including phenoxy) is 1. The molecule has 3 aromatic rings. The van der Waals surface area contributed by atoms with E-state index in [0.29, 0.717) is 10.1 Å². The third-order valence-corrected chi connectivity index (χ3v) is 7.16. The number of hydrogen-bond acceptors (Lipinski definition) is 7. The first-order chi connectivity index (χ1) is 12.9. The maximum absolute atomic E-state index is 13.8. The van der Waals surface area contributed by atoms with Gasteiger partial charge in [0, 0.05) is 5.75 Å². The average Bonchev–Trinajstić information content (AvgIpc) is 3.07. The molecule has 0 saturated heterocycles. The monoisotopic (exact) mass is 425 g/mol. The number of aromatic nitrogens is 2. The number of nitrogens with zero attached hydrogens (tertiary/aromatic N) is 2. The van der Waals surface area contributed by atoms with Crippen LogP contribution in [0, 0.1) is 12.7 Å². The highest BCUT2D eigenvalue weighted by atomic mass is 32.2. The molecule has 0 aliphatic rings. The zero-order chi connectivity index (χ0) is 19.4. The summed E-state index contributed by atoms with van der Waals surface area (Å²) in [4.78, 5) is -0.217. The smallest absolute Gasteiger partial charge is 0.263 e. The van der Waals surface area contributed by atoms with E-state index in [1.54, 1.807) is 0 Å².